The lowest BCUT2D eigenvalue weighted by Gasteiger charge is -2.39. The van der Waals surface area contributed by atoms with Crippen LogP contribution in [0.5, 0.6) is 0 Å². The number of rotatable bonds is 1. The van der Waals surface area contributed by atoms with Gasteiger partial charge in [-0.05, 0) is 24.1 Å². The van der Waals surface area contributed by atoms with Crippen LogP contribution >= 0.6 is 11.6 Å². The van der Waals surface area contributed by atoms with E-state index < -0.39 is 0 Å². The molecule has 2 N–H and O–H groups in total. The first-order valence-corrected chi connectivity index (χ1v) is 7.45. The first-order valence-electron chi connectivity index (χ1n) is 7.08. The molecule has 1 aromatic rings. The van der Waals surface area contributed by atoms with Crippen molar-refractivity contribution in [3.8, 4) is 0 Å². The Morgan fingerprint density at radius 1 is 1.25 bits per heavy atom. The second-order valence-electron chi connectivity index (χ2n) is 6.70. The number of hydrogen-bond donors (Lipinski definition) is 1. The average molecular weight is 295 g/mol. The summed E-state index contributed by atoms with van der Waals surface area (Å²) in [7, 11) is 0. The van der Waals surface area contributed by atoms with Crippen molar-refractivity contribution in [2.75, 3.05) is 13.1 Å². The lowest BCUT2D eigenvalue weighted by Crippen LogP contribution is -2.51. The van der Waals surface area contributed by atoms with E-state index in [1.807, 2.05) is 49.9 Å². The molecule has 110 valence electrons. The first-order chi connectivity index (χ1) is 9.27. The predicted octanol–water partition coefficient (Wildman–Crippen LogP) is 3.03. The molecule has 1 aliphatic heterocycles. The number of carbonyl (C=O) groups is 1. The fourth-order valence-corrected chi connectivity index (χ4v) is 2.88. The van der Waals surface area contributed by atoms with Crippen molar-refractivity contribution in [1.82, 2.24) is 4.90 Å². The standard InChI is InChI=1S/C16H23ClN2O/c1-16(2,3)15(20)19-9-12(8-14(18)10-19)11-4-6-13(17)7-5-11/h4-7,12,14H,8-10,18H2,1-3H3. The minimum absolute atomic E-state index is 0.0377. The van der Waals surface area contributed by atoms with E-state index in [9.17, 15) is 4.79 Å². The Labute approximate surface area is 126 Å². The number of hydrogen-bond acceptors (Lipinski definition) is 2. The molecule has 0 aromatic heterocycles. The molecule has 0 aliphatic carbocycles. The normalized spacial score (nSPS) is 23.8. The molecule has 0 saturated carbocycles. The molecular formula is C16H23ClN2O. The second-order valence-corrected chi connectivity index (χ2v) is 7.14. The van der Waals surface area contributed by atoms with Crippen molar-refractivity contribution in [2.45, 2.75) is 39.2 Å². The molecule has 0 radical (unpaired) electrons. The van der Waals surface area contributed by atoms with E-state index in [-0.39, 0.29) is 17.4 Å². The summed E-state index contributed by atoms with van der Waals surface area (Å²) in [5.41, 5.74) is 6.99. The highest BCUT2D eigenvalue weighted by Gasteiger charge is 2.34. The topological polar surface area (TPSA) is 46.3 Å². The van der Waals surface area contributed by atoms with E-state index in [2.05, 4.69) is 0 Å². The molecule has 2 rings (SSSR count). The third kappa shape index (κ3) is 3.53. The average Bonchev–Trinajstić information content (AvgIpc) is 2.37. The molecule has 0 bridgehead atoms. The van der Waals surface area contributed by atoms with Gasteiger partial charge in [-0.15, -0.1) is 0 Å². The van der Waals surface area contributed by atoms with Crippen molar-refractivity contribution in [3.63, 3.8) is 0 Å². The van der Waals surface area contributed by atoms with Crippen molar-refractivity contribution < 1.29 is 4.79 Å². The number of benzene rings is 1. The molecule has 4 heteroatoms. The lowest BCUT2D eigenvalue weighted by atomic mass is 9.86. The fourth-order valence-electron chi connectivity index (χ4n) is 2.75. The van der Waals surface area contributed by atoms with E-state index in [0.717, 1.165) is 18.0 Å². The Bertz CT molecular complexity index is 478. The summed E-state index contributed by atoms with van der Waals surface area (Å²) in [6.07, 6.45) is 0.912. The van der Waals surface area contributed by atoms with Gasteiger partial charge < -0.3 is 10.6 Å². The molecular weight excluding hydrogens is 272 g/mol. The highest BCUT2D eigenvalue weighted by atomic mass is 35.5. The van der Waals surface area contributed by atoms with Gasteiger partial charge in [0.05, 0.1) is 0 Å². The van der Waals surface area contributed by atoms with Gasteiger partial charge >= 0.3 is 0 Å². The third-order valence-corrected chi connectivity index (χ3v) is 4.01. The van der Waals surface area contributed by atoms with Crippen LogP contribution in [0.4, 0.5) is 0 Å². The van der Waals surface area contributed by atoms with E-state index in [0.29, 0.717) is 12.5 Å². The van der Waals surface area contributed by atoms with Crippen LogP contribution in [0.1, 0.15) is 38.7 Å². The molecule has 1 aliphatic rings. The fraction of sp³-hybridized carbons (Fsp3) is 0.562. The minimum Gasteiger partial charge on any atom is -0.340 e. The van der Waals surface area contributed by atoms with Gasteiger partial charge in [-0.1, -0.05) is 44.5 Å². The molecule has 1 heterocycles. The number of amides is 1. The van der Waals surface area contributed by atoms with Gasteiger partial charge in [-0.3, -0.25) is 4.79 Å². The van der Waals surface area contributed by atoms with Crippen LogP contribution in [0.3, 0.4) is 0 Å². The first kappa shape index (κ1) is 15.3. The Morgan fingerprint density at radius 2 is 1.85 bits per heavy atom. The van der Waals surface area contributed by atoms with Crippen molar-refractivity contribution in [2.24, 2.45) is 11.1 Å². The molecule has 2 unspecified atom stereocenters. The van der Waals surface area contributed by atoms with Gasteiger partial charge in [-0.2, -0.15) is 0 Å². The van der Waals surface area contributed by atoms with E-state index in [1.54, 1.807) is 0 Å². The van der Waals surface area contributed by atoms with Crippen LogP contribution in [0, 0.1) is 5.41 Å². The molecule has 1 fully saturated rings. The molecule has 2 atom stereocenters. The Hall–Kier alpha value is -1.06. The zero-order valence-corrected chi connectivity index (χ0v) is 13.2. The van der Waals surface area contributed by atoms with Crippen molar-refractivity contribution >= 4 is 17.5 Å². The maximum absolute atomic E-state index is 12.4. The van der Waals surface area contributed by atoms with Crippen LogP contribution < -0.4 is 5.73 Å². The molecule has 0 spiro atoms. The Balaban J connectivity index is 2.16. The van der Waals surface area contributed by atoms with Crippen LogP contribution in [-0.4, -0.2) is 29.9 Å². The van der Waals surface area contributed by atoms with Crippen LogP contribution in [0.15, 0.2) is 24.3 Å². The van der Waals surface area contributed by atoms with E-state index in [1.165, 1.54) is 5.56 Å². The summed E-state index contributed by atoms with van der Waals surface area (Å²) in [6, 6.07) is 7.89. The molecule has 20 heavy (non-hydrogen) atoms. The summed E-state index contributed by atoms with van der Waals surface area (Å²) >= 11 is 5.93. The van der Waals surface area contributed by atoms with Crippen molar-refractivity contribution in [3.05, 3.63) is 34.9 Å². The number of likely N-dealkylation sites (tertiary alicyclic amines) is 1. The molecule has 3 nitrogen and oxygen atoms in total. The predicted molar refractivity (Wildman–Crippen MR) is 82.8 cm³/mol. The monoisotopic (exact) mass is 294 g/mol. The van der Waals surface area contributed by atoms with Crippen LogP contribution in [0.2, 0.25) is 5.02 Å². The SMILES string of the molecule is CC(C)(C)C(=O)N1CC(N)CC(c2ccc(Cl)cc2)C1. The van der Waals surface area contributed by atoms with Gasteiger partial charge in [0.25, 0.3) is 0 Å². The zero-order chi connectivity index (χ0) is 14.9. The number of halogens is 1. The number of nitrogens with zero attached hydrogens (tertiary/aromatic N) is 1. The minimum atomic E-state index is -0.360. The summed E-state index contributed by atoms with van der Waals surface area (Å²) in [4.78, 5) is 14.4. The molecule has 1 amide bonds. The van der Waals surface area contributed by atoms with Gasteiger partial charge in [0, 0.05) is 35.5 Å². The summed E-state index contributed by atoms with van der Waals surface area (Å²) in [6.45, 7) is 7.25. The molecule has 1 saturated heterocycles. The summed E-state index contributed by atoms with van der Waals surface area (Å²) in [5.74, 6) is 0.467. The van der Waals surface area contributed by atoms with Crippen molar-refractivity contribution in [1.29, 1.82) is 0 Å². The highest BCUT2D eigenvalue weighted by Crippen LogP contribution is 2.29. The number of nitrogens with two attached hydrogens (primary N) is 1. The number of piperidine rings is 1. The van der Waals surface area contributed by atoms with E-state index >= 15 is 0 Å². The highest BCUT2D eigenvalue weighted by molar-refractivity contribution is 6.30. The van der Waals surface area contributed by atoms with Crippen LogP contribution in [-0.2, 0) is 4.79 Å². The lowest BCUT2D eigenvalue weighted by molar-refractivity contribution is -0.141. The maximum Gasteiger partial charge on any atom is 0.228 e. The second kappa shape index (κ2) is 5.74. The zero-order valence-electron chi connectivity index (χ0n) is 12.4. The van der Waals surface area contributed by atoms with Gasteiger partial charge in [0.2, 0.25) is 5.91 Å². The molecule has 1 aromatic carbocycles. The third-order valence-electron chi connectivity index (χ3n) is 3.75. The summed E-state index contributed by atoms with van der Waals surface area (Å²) < 4.78 is 0. The largest absolute Gasteiger partial charge is 0.340 e. The van der Waals surface area contributed by atoms with Gasteiger partial charge in [0.1, 0.15) is 0 Å². The van der Waals surface area contributed by atoms with Gasteiger partial charge in [-0.25, -0.2) is 0 Å². The number of carbonyl (C=O) groups excluding carboxylic acids is 1. The maximum atomic E-state index is 12.4. The quantitative estimate of drug-likeness (QED) is 0.865. The van der Waals surface area contributed by atoms with Gasteiger partial charge in [0.15, 0.2) is 0 Å². The van der Waals surface area contributed by atoms with E-state index in [4.69, 9.17) is 17.3 Å². The summed E-state index contributed by atoms with van der Waals surface area (Å²) in [5, 5.41) is 0.733. The smallest absolute Gasteiger partial charge is 0.228 e. The Kier molecular flexibility index (Phi) is 4.40. The Morgan fingerprint density at radius 3 is 2.40 bits per heavy atom. The van der Waals surface area contributed by atoms with Crippen LogP contribution in [0.25, 0.3) is 0 Å².